The van der Waals surface area contributed by atoms with Crippen LogP contribution in [-0.4, -0.2) is 75.5 Å². The van der Waals surface area contributed by atoms with Crippen LogP contribution in [0.15, 0.2) is 11.1 Å². The number of piperidine rings is 1. The number of nitrogens with two attached hydrogens (primary N) is 2. The van der Waals surface area contributed by atoms with Crippen LogP contribution in [0.4, 0.5) is 0 Å². The van der Waals surface area contributed by atoms with Crippen molar-refractivity contribution in [3.8, 4) is 0 Å². The van der Waals surface area contributed by atoms with E-state index in [1.165, 1.54) is 38.5 Å². The van der Waals surface area contributed by atoms with Crippen molar-refractivity contribution in [3.63, 3.8) is 0 Å². The summed E-state index contributed by atoms with van der Waals surface area (Å²) < 4.78 is 14.1. The second-order valence-corrected chi connectivity index (χ2v) is 22.0. The van der Waals surface area contributed by atoms with Crippen LogP contribution in [0.1, 0.15) is 157 Å². The Labute approximate surface area is 325 Å². The highest BCUT2D eigenvalue weighted by Crippen LogP contribution is 2.76. The number of rotatable bonds is 8. The summed E-state index contributed by atoms with van der Waals surface area (Å²) in [7, 11) is 0. The molecule has 3 saturated heterocycles. The van der Waals surface area contributed by atoms with Crippen molar-refractivity contribution in [1.82, 2.24) is 0 Å². The highest BCUT2D eigenvalue weighted by Gasteiger charge is 2.78. The van der Waals surface area contributed by atoms with Gasteiger partial charge in [0.25, 0.3) is 0 Å². The minimum Gasteiger partial charge on any atom is -0.393 e. The quantitative estimate of drug-likeness (QED) is 0.194. The van der Waals surface area contributed by atoms with Gasteiger partial charge < -0.3 is 30.1 Å². The third kappa shape index (κ3) is 5.41. The second-order valence-electron chi connectivity index (χ2n) is 22.0. The van der Waals surface area contributed by atoms with E-state index in [1.807, 2.05) is 6.92 Å². The monoisotopic (exact) mass is 752 g/mol. The molecule has 0 spiro atoms. The highest BCUT2D eigenvalue weighted by molar-refractivity contribution is 6.00. The number of allylic oxidation sites excluding steroid dienone is 1. The summed E-state index contributed by atoms with van der Waals surface area (Å²) in [5, 5.41) is 39.7. The van der Waals surface area contributed by atoms with Gasteiger partial charge in [-0.05, 0) is 161 Å². The Bertz CT molecular complexity index is 1510. The van der Waals surface area contributed by atoms with E-state index < -0.39 is 28.3 Å². The number of aliphatic hydroxyl groups is 3. The number of ketones is 1. The first-order valence-electron chi connectivity index (χ1n) is 22.9. The van der Waals surface area contributed by atoms with Gasteiger partial charge in [0.15, 0.2) is 5.78 Å². The molecule has 9 rings (SSSR count). The standard InChI is InChI=1S/C46H74N2O6/c1-27-17-22-53-45(26-27,40-39(54-40)43(5,51)41(2,3)18-13-28-16-21-48-36(47)23-28)35-24-30-11-12-32-37-33(15-19-42(35,4)46(30,37)52)44(29-9-7-6-8-10-29)20-14-31(49)25-34(44)38(32)50/h27-31,33-36,39-40,48-49,51-52H,6-26,47H2,1-5H3/p+1/t27-,28?,30-,31-,33-,34-,35+,36?,39-,40+,42+,43-,44+,45+,46+/m0/s1. The molecule has 0 aromatic rings. The molecule has 8 nitrogen and oxygen atoms in total. The average Bonchev–Trinajstić information content (AvgIpc) is 3.93. The zero-order valence-corrected chi connectivity index (χ0v) is 34.4. The largest absolute Gasteiger partial charge is 0.393 e. The number of aliphatic hydroxyl groups excluding tert-OH is 1. The number of hydrogen-bond donors (Lipinski definition) is 5. The van der Waals surface area contributed by atoms with Crippen molar-refractivity contribution >= 4 is 5.78 Å². The lowest BCUT2D eigenvalue weighted by atomic mass is 9.39. The summed E-state index contributed by atoms with van der Waals surface area (Å²) in [5.74, 6) is 2.09. The third-order valence-corrected chi connectivity index (χ3v) is 19.2. The molecule has 0 amide bonds. The van der Waals surface area contributed by atoms with Gasteiger partial charge >= 0.3 is 0 Å². The lowest BCUT2D eigenvalue weighted by molar-refractivity contribution is -0.699. The Morgan fingerprint density at radius 1 is 0.944 bits per heavy atom. The molecule has 54 heavy (non-hydrogen) atoms. The lowest BCUT2D eigenvalue weighted by Crippen LogP contribution is -2.94. The fourth-order valence-corrected chi connectivity index (χ4v) is 15.9. The number of hydrogen-bond acceptors (Lipinski definition) is 7. The van der Waals surface area contributed by atoms with Gasteiger partial charge in [0.1, 0.15) is 24.0 Å². The van der Waals surface area contributed by atoms with Crippen molar-refractivity contribution in [3.05, 3.63) is 11.1 Å². The first-order chi connectivity index (χ1) is 25.6. The van der Waals surface area contributed by atoms with Crippen molar-refractivity contribution in [2.24, 2.45) is 63.4 Å². The number of quaternary nitrogens is 1. The summed E-state index contributed by atoms with van der Waals surface area (Å²) in [6, 6.07) is 0. The predicted octanol–water partition coefficient (Wildman–Crippen LogP) is 5.94. The smallest absolute Gasteiger partial charge is 0.162 e. The zero-order chi connectivity index (χ0) is 38.1. The summed E-state index contributed by atoms with van der Waals surface area (Å²) in [6.07, 6.45) is 18.1. The maximum absolute atomic E-state index is 15.0. The molecule has 9 aliphatic rings. The molecule has 8 heteroatoms. The zero-order valence-electron chi connectivity index (χ0n) is 34.4. The van der Waals surface area contributed by atoms with E-state index in [2.05, 4.69) is 33.0 Å². The van der Waals surface area contributed by atoms with E-state index in [4.69, 9.17) is 15.2 Å². The third-order valence-electron chi connectivity index (χ3n) is 19.2. The lowest BCUT2D eigenvalue weighted by Gasteiger charge is -2.66. The van der Waals surface area contributed by atoms with Crippen LogP contribution >= 0.6 is 0 Å². The molecule has 0 radical (unpaired) electrons. The Hall–Kier alpha value is -0.870. The fourth-order valence-electron chi connectivity index (χ4n) is 15.9. The molecular formula is C46H75N2O6+. The van der Waals surface area contributed by atoms with Gasteiger partial charge in [-0.15, -0.1) is 0 Å². The maximum atomic E-state index is 15.0. The van der Waals surface area contributed by atoms with E-state index in [0.29, 0.717) is 30.8 Å². The normalized spacial score (nSPS) is 50.6. The molecule has 3 aliphatic heterocycles. The molecule has 7 fully saturated rings. The number of fused-ring (bicyclic) bond motifs is 2. The summed E-state index contributed by atoms with van der Waals surface area (Å²) >= 11 is 0. The topological polar surface area (TPSA) is 142 Å². The van der Waals surface area contributed by atoms with Crippen LogP contribution in [0, 0.1) is 57.7 Å². The number of Topliss-reactive ketones (excluding diaryl/α,β-unsaturated/α-hetero) is 1. The first kappa shape index (κ1) is 38.6. The van der Waals surface area contributed by atoms with Crippen LogP contribution in [0.2, 0.25) is 0 Å². The predicted molar refractivity (Wildman–Crippen MR) is 208 cm³/mol. The molecule has 7 N–H and O–H groups in total. The van der Waals surface area contributed by atoms with Gasteiger partial charge in [0, 0.05) is 24.4 Å². The van der Waals surface area contributed by atoms with E-state index >= 15 is 0 Å². The minimum absolute atomic E-state index is 0.0658. The van der Waals surface area contributed by atoms with Gasteiger partial charge in [0.2, 0.25) is 0 Å². The van der Waals surface area contributed by atoms with Crippen molar-refractivity contribution in [2.75, 3.05) is 13.2 Å². The van der Waals surface area contributed by atoms with E-state index in [9.17, 15) is 20.1 Å². The van der Waals surface area contributed by atoms with Gasteiger partial charge in [0.05, 0.1) is 23.9 Å². The molecule has 0 bridgehead atoms. The maximum Gasteiger partial charge on any atom is 0.162 e. The van der Waals surface area contributed by atoms with Gasteiger partial charge in [-0.25, -0.2) is 0 Å². The average molecular weight is 752 g/mol. The van der Waals surface area contributed by atoms with E-state index in [0.717, 1.165) is 94.7 Å². The molecule has 304 valence electrons. The van der Waals surface area contributed by atoms with Gasteiger partial charge in [-0.1, -0.05) is 47.0 Å². The van der Waals surface area contributed by atoms with E-state index in [1.54, 1.807) is 0 Å². The van der Waals surface area contributed by atoms with Crippen molar-refractivity contribution in [2.45, 2.75) is 198 Å². The Morgan fingerprint density at radius 3 is 2.46 bits per heavy atom. The molecule has 0 aromatic heterocycles. The first-order valence-corrected chi connectivity index (χ1v) is 22.9. The molecule has 3 heterocycles. The highest BCUT2D eigenvalue weighted by atomic mass is 16.6. The van der Waals surface area contributed by atoms with Crippen molar-refractivity contribution < 1.29 is 34.9 Å². The summed E-state index contributed by atoms with van der Waals surface area (Å²) in [5.41, 5.74) is 4.76. The fraction of sp³-hybridized carbons (Fsp3) is 0.935. The second kappa shape index (κ2) is 13.3. The van der Waals surface area contributed by atoms with Gasteiger partial charge in [-0.2, -0.15) is 0 Å². The number of ether oxygens (including phenoxy) is 2. The van der Waals surface area contributed by atoms with Crippen LogP contribution in [0.25, 0.3) is 0 Å². The molecule has 0 aromatic carbocycles. The Balaban J connectivity index is 1.06. The summed E-state index contributed by atoms with van der Waals surface area (Å²) in [6.45, 7) is 12.9. The van der Waals surface area contributed by atoms with Crippen LogP contribution in [-0.2, 0) is 14.3 Å². The summed E-state index contributed by atoms with van der Waals surface area (Å²) in [4.78, 5) is 15.0. The molecule has 4 saturated carbocycles. The SMILES string of the molecule is C[C@H]1CCO[C@@]([C@@H]2O[C@@H]2[C@](C)(O)C(C)(C)CCC2CC[NH2+]C(N)C2)([C@@H]2C[C@@H]3CCC4=C5[C@H](CC[C@@]2(C)[C@]53O)[C@]2(C3CCCCC3)CC[C@H](O)C[C@H]2C4=O)C1. The molecule has 6 aliphatic carbocycles. The molecular weight excluding hydrogens is 677 g/mol. The Kier molecular flexibility index (Phi) is 9.53. The van der Waals surface area contributed by atoms with Crippen LogP contribution < -0.4 is 11.1 Å². The van der Waals surface area contributed by atoms with Crippen molar-refractivity contribution in [1.29, 1.82) is 0 Å². The molecule has 2 unspecified atom stereocenters. The Morgan fingerprint density at radius 2 is 1.72 bits per heavy atom. The number of carbonyl (C=O) groups is 1. The van der Waals surface area contributed by atoms with Gasteiger partial charge in [-0.3, -0.25) is 10.5 Å². The van der Waals surface area contributed by atoms with Crippen LogP contribution in [0.3, 0.4) is 0 Å². The van der Waals surface area contributed by atoms with E-state index in [-0.39, 0.29) is 58.7 Å². The number of epoxide rings is 1. The number of carbonyl (C=O) groups excluding carboxylic acids is 1. The molecule has 15 atom stereocenters. The minimum atomic E-state index is -1.05. The van der Waals surface area contributed by atoms with Crippen LogP contribution in [0.5, 0.6) is 0 Å².